The summed E-state index contributed by atoms with van der Waals surface area (Å²) in [7, 11) is 0. The van der Waals surface area contributed by atoms with E-state index in [9.17, 15) is 0 Å². The standard InChI is InChI=1S/C12H14ClN3S/c1-2-8-5-6-17-10(8)7-16-11(9-3-4-9)14-15-12(16)13/h5-6,9H,2-4,7H2,1H3. The fourth-order valence-corrected chi connectivity index (χ4v) is 3.20. The van der Waals surface area contributed by atoms with Gasteiger partial charge in [-0.3, -0.25) is 4.57 Å². The summed E-state index contributed by atoms with van der Waals surface area (Å²) in [6.45, 7) is 3.00. The van der Waals surface area contributed by atoms with Gasteiger partial charge in [-0.05, 0) is 47.9 Å². The number of halogens is 1. The molecule has 0 spiro atoms. The van der Waals surface area contributed by atoms with Gasteiger partial charge in [-0.2, -0.15) is 0 Å². The largest absolute Gasteiger partial charge is 0.296 e. The van der Waals surface area contributed by atoms with E-state index < -0.39 is 0 Å². The fraction of sp³-hybridized carbons (Fsp3) is 0.500. The van der Waals surface area contributed by atoms with Crippen LogP contribution in [0.5, 0.6) is 0 Å². The van der Waals surface area contributed by atoms with Gasteiger partial charge in [0, 0.05) is 10.8 Å². The minimum atomic E-state index is 0.516. The van der Waals surface area contributed by atoms with Crippen molar-refractivity contribution in [3.63, 3.8) is 0 Å². The van der Waals surface area contributed by atoms with E-state index in [1.54, 1.807) is 11.3 Å². The van der Waals surface area contributed by atoms with Crippen molar-refractivity contribution in [1.29, 1.82) is 0 Å². The second-order valence-corrected chi connectivity index (χ2v) is 5.75. The van der Waals surface area contributed by atoms with Gasteiger partial charge in [-0.25, -0.2) is 0 Å². The Morgan fingerprint density at radius 3 is 3.00 bits per heavy atom. The molecule has 0 bridgehead atoms. The number of nitrogens with zero attached hydrogens (tertiary/aromatic N) is 3. The van der Waals surface area contributed by atoms with Gasteiger partial charge in [0.2, 0.25) is 5.28 Å². The average molecular weight is 268 g/mol. The average Bonchev–Trinajstić information content (AvgIpc) is 2.97. The number of aryl methyl sites for hydroxylation is 1. The van der Waals surface area contributed by atoms with Gasteiger partial charge in [0.05, 0.1) is 6.54 Å². The van der Waals surface area contributed by atoms with Gasteiger partial charge in [0.25, 0.3) is 0 Å². The van der Waals surface area contributed by atoms with Crippen LogP contribution >= 0.6 is 22.9 Å². The molecule has 2 aromatic rings. The Hall–Kier alpha value is -0.870. The lowest BCUT2D eigenvalue weighted by atomic mass is 10.2. The van der Waals surface area contributed by atoms with Crippen LogP contribution in [0.2, 0.25) is 5.28 Å². The molecule has 0 saturated heterocycles. The molecule has 1 fully saturated rings. The third kappa shape index (κ3) is 2.11. The van der Waals surface area contributed by atoms with Crippen LogP contribution in [0.1, 0.15) is 41.9 Å². The summed E-state index contributed by atoms with van der Waals surface area (Å²) in [5.74, 6) is 1.64. The van der Waals surface area contributed by atoms with Crippen LogP contribution in [0.3, 0.4) is 0 Å². The number of aromatic nitrogens is 3. The molecular weight excluding hydrogens is 254 g/mol. The maximum atomic E-state index is 6.12. The highest BCUT2D eigenvalue weighted by Crippen LogP contribution is 2.40. The van der Waals surface area contributed by atoms with E-state index in [1.807, 2.05) is 0 Å². The number of hydrogen-bond acceptors (Lipinski definition) is 3. The summed E-state index contributed by atoms with van der Waals surface area (Å²) in [5, 5.41) is 10.9. The molecule has 0 aliphatic heterocycles. The highest BCUT2D eigenvalue weighted by Gasteiger charge is 2.30. The molecule has 0 unspecified atom stereocenters. The van der Waals surface area contributed by atoms with Crippen LogP contribution in [-0.2, 0) is 13.0 Å². The lowest BCUT2D eigenvalue weighted by Gasteiger charge is -2.07. The van der Waals surface area contributed by atoms with Crippen molar-refractivity contribution < 1.29 is 0 Å². The van der Waals surface area contributed by atoms with Crippen LogP contribution in [-0.4, -0.2) is 14.8 Å². The van der Waals surface area contributed by atoms with Crippen LogP contribution < -0.4 is 0 Å². The molecule has 0 radical (unpaired) electrons. The van der Waals surface area contributed by atoms with Crippen molar-refractivity contribution in [2.45, 2.75) is 38.6 Å². The molecule has 0 aromatic carbocycles. The predicted molar refractivity (Wildman–Crippen MR) is 69.8 cm³/mol. The highest BCUT2D eigenvalue weighted by molar-refractivity contribution is 7.10. The molecule has 0 N–H and O–H groups in total. The Morgan fingerprint density at radius 1 is 1.47 bits per heavy atom. The van der Waals surface area contributed by atoms with E-state index in [1.165, 1.54) is 23.3 Å². The van der Waals surface area contributed by atoms with E-state index in [2.05, 4.69) is 33.1 Å². The first-order valence-electron chi connectivity index (χ1n) is 5.93. The Kier molecular flexibility index (Phi) is 2.92. The van der Waals surface area contributed by atoms with E-state index in [4.69, 9.17) is 11.6 Å². The summed E-state index contributed by atoms with van der Waals surface area (Å²) in [5.41, 5.74) is 1.40. The third-order valence-electron chi connectivity index (χ3n) is 3.20. The lowest BCUT2D eigenvalue weighted by molar-refractivity contribution is 0.730. The molecule has 2 aromatic heterocycles. The molecule has 3 rings (SSSR count). The van der Waals surface area contributed by atoms with E-state index in [0.717, 1.165) is 18.8 Å². The smallest absolute Gasteiger partial charge is 0.225 e. The monoisotopic (exact) mass is 267 g/mol. The summed E-state index contributed by atoms with van der Waals surface area (Å²) in [6, 6.07) is 2.19. The summed E-state index contributed by atoms with van der Waals surface area (Å²) in [4.78, 5) is 1.37. The van der Waals surface area contributed by atoms with Gasteiger partial charge in [-0.1, -0.05) is 6.92 Å². The van der Waals surface area contributed by atoms with Crippen LogP contribution in [0, 0.1) is 0 Å². The highest BCUT2D eigenvalue weighted by atomic mass is 35.5. The zero-order chi connectivity index (χ0) is 11.8. The maximum absolute atomic E-state index is 6.12. The topological polar surface area (TPSA) is 30.7 Å². The molecule has 90 valence electrons. The molecule has 1 aliphatic carbocycles. The molecular formula is C12H14ClN3S. The minimum Gasteiger partial charge on any atom is -0.296 e. The molecule has 17 heavy (non-hydrogen) atoms. The normalized spacial score (nSPS) is 15.4. The van der Waals surface area contributed by atoms with E-state index >= 15 is 0 Å². The Morgan fingerprint density at radius 2 is 2.29 bits per heavy atom. The number of rotatable bonds is 4. The Balaban J connectivity index is 1.91. The summed E-state index contributed by atoms with van der Waals surface area (Å²) < 4.78 is 2.06. The quantitative estimate of drug-likeness (QED) is 0.849. The molecule has 1 aliphatic rings. The van der Waals surface area contributed by atoms with E-state index in [-0.39, 0.29) is 0 Å². The summed E-state index contributed by atoms with van der Waals surface area (Å²) >= 11 is 7.91. The zero-order valence-electron chi connectivity index (χ0n) is 9.69. The maximum Gasteiger partial charge on any atom is 0.225 e. The van der Waals surface area contributed by atoms with Gasteiger partial charge < -0.3 is 0 Å². The van der Waals surface area contributed by atoms with Gasteiger partial charge in [-0.15, -0.1) is 21.5 Å². The summed E-state index contributed by atoms with van der Waals surface area (Å²) in [6.07, 6.45) is 3.51. The zero-order valence-corrected chi connectivity index (χ0v) is 11.3. The number of hydrogen-bond donors (Lipinski definition) is 0. The third-order valence-corrected chi connectivity index (χ3v) is 4.42. The first kappa shape index (κ1) is 11.2. The van der Waals surface area contributed by atoms with Crippen LogP contribution in [0.4, 0.5) is 0 Å². The van der Waals surface area contributed by atoms with Crippen LogP contribution in [0.25, 0.3) is 0 Å². The molecule has 2 heterocycles. The Bertz CT molecular complexity index is 528. The van der Waals surface area contributed by atoms with Crippen molar-refractivity contribution in [2.75, 3.05) is 0 Å². The van der Waals surface area contributed by atoms with Crippen molar-refractivity contribution >= 4 is 22.9 Å². The fourth-order valence-electron chi connectivity index (χ4n) is 2.05. The second-order valence-electron chi connectivity index (χ2n) is 4.41. The first-order chi connectivity index (χ1) is 8.29. The first-order valence-corrected chi connectivity index (χ1v) is 7.19. The number of thiophene rings is 1. The molecule has 0 atom stereocenters. The lowest BCUT2D eigenvalue weighted by Crippen LogP contribution is -2.04. The molecule has 0 amide bonds. The van der Waals surface area contributed by atoms with Gasteiger partial charge in [0.15, 0.2) is 0 Å². The van der Waals surface area contributed by atoms with Crippen molar-refractivity contribution in [1.82, 2.24) is 14.8 Å². The SMILES string of the molecule is CCc1ccsc1Cn1c(Cl)nnc1C1CC1. The van der Waals surface area contributed by atoms with Crippen molar-refractivity contribution in [2.24, 2.45) is 0 Å². The molecule has 1 saturated carbocycles. The van der Waals surface area contributed by atoms with Gasteiger partial charge in [0.1, 0.15) is 5.82 Å². The van der Waals surface area contributed by atoms with E-state index in [0.29, 0.717) is 11.2 Å². The van der Waals surface area contributed by atoms with Crippen LogP contribution in [0.15, 0.2) is 11.4 Å². The van der Waals surface area contributed by atoms with Crippen molar-refractivity contribution in [3.05, 3.63) is 33.0 Å². The minimum absolute atomic E-state index is 0.516. The van der Waals surface area contributed by atoms with Crippen molar-refractivity contribution in [3.8, 4) is 0 Å². The second kappa shape index (κ2) is 4.42. The predicted octanol–water partition coefficient (Wildman–Crippen LogP) is 3.48. The molecule has 5 heteroatoms. The molecule has 3 nitrogen and oxygen atoms in total. The Labute approximate surface area is 109 Å². The van der Waals surface area contributed by atoms with Gasteiger partial charge >= 0.3 is 0 Å².